The molecule has 1 nitrogen and oxygen atoms in total. The van der Waals surface area contributed by atoms with Crippen molar-refractivity contribution in [2.24, 2.45) is 17.6 Å². The fourth-order valence-corrected chi connectivity index (χ4v) is 2.62. The maximum Gasteiger partial charge on any atom is 0.250 e. The average Bonchev–Trinajstić information content (AvgIpc) is 2.56. The van der Waals surface area contributed by atoms with Crippen LogP contribution in [-0.2, 0) is 0 Å². The van der Waals surface area contributed by atoms with Crippen LogP contribution in [0.5, 0.6) is 0 Å². The molecule has 2 rings (SSSR count). The molecule has 2 fully saturated rings. The summed E-state index contributed by atoms with van der Waals surface area (Å²) >= 11 is 0. The van der Waals surface area contributed by atoms with E-state index >= 15 is 0 Å². The van der Waals surface area contributed by atoms with Crippen molar-refractivity contribution in [1.29, 1.82) is 0 Å². The minimum absolute atomic E-state index is 0.187. The van der Waals surface area contributed by atoms with E-state index in [4.69, 9.17) is 5.73 Å². The van der Waals surface area contributed by atoms with E-state index in [0.29, 0.717) is 0 Å². The molecule has 2 aliphatic carbocycles. The Hall–Kier alpha value is -0.180. The Kier molecular flexibility index (Phi) is 1.92. The van der Waals surface area contributed by atoms with Gasteiger partial charge in [0.15, 0.2) is 0 Å². The molecule has 3 heteroatoms. The molecule has 2 N–H and O–H groups in total. The average molecular weight is 189 g/mol. The van der Waals surface area contributed by atoms with Crippen molar-refractivity contribution < 1.29 is 8.78 Å². The van der Waals surface area contributed by atoms with Gasteiger partial charge in [-0.25, -0.2) is 8.78 Å². The summed E-state index contributed by atoms with van der Waals surface area (Å²) in [6.07, 6.45) is 4.59. The zero-order valence-electron chi connectivity index (χ0n) is 8.02. The van der Waals surface area contributed by atoms with Gasteiger partial charge in [0.05, 0.1) is 0 Å². The van der Waals surface area contributed by atoms with Crippen LogP contribution >= 0.6 is 0 Å². The molecule has 0 radical (unpaired) electrons. The van der Waals surface area contributed by atoms with Crippen LogP contribution in [0.15, 0.2) is 0 Å². The zero-order chi connectivity index (χ0) is 9.69. The highest BCUT2D eigenvalue weighted by atomic mass is 19.3. The Labute approximate surface area is 77.7 Å². The number of hydrogen-bond donors (Lipinski definition) is 1. The first-order chi connectivity index (χ1) is 5.93. The molecule has 0 aromatic carbocycles. The minimum atomic E-state index is -2.59. The van der Waals surface area contributed by atoms with Crippen LogP contribution in [0.3, 0.4) is 0 Å². The van der Waals surface area contributed by atoms with Gasteiger partial charge in [-0.1, -0.05) is 6.42 Å². The standard InChI is InChI=1S/C10H17F2N/c1-9(11,12)8(7-3-2-4-7)10(13)5-6-10/h7-8H,2-6,13H2,1H3. The highest BCUT2D eigenvalue weighted by Crippen LogP contribution is 2.54. The van der Waals surface area contributed by atoms with Crippen LogP contribution in [0.4, 0.5) is 8.78 Å². The van der Waals surface area contributed by atoms with Gasteiger partial charge >= 0.3 is 0 Å². The molecular weight excluding hydrogens is 172 g/mol. The third-order valence-corrected chi connectivity index (χ3v) is 3.61. The first-order valence-electron chi connectivity index (χ1n) is 5.10. The van der Waals surface area contributed by atoms with Gasteiger partial charge in [0.2, 0.25) is 5.92 Å². The van der Waals surface area contributed by atoms with Gasteiger partial charge in [-0.2, -0.15) is 0 Å². The van der Waals surface area contributed by atoms with Crippen molar-refractivity contribution in [1.82, 2.24) is 0 Å². The summed E-state index contributed by atoms with van der Waals surface area (Å²) in [6, 6.07) is 0. The van der Waals surface area contributed by atoms with Crippen LogP contribution in [0.2, 0.25) is 0 Å². The van der Waals surface area contributed by atoms with Crippen molar-refractivity contribution in [3.05, 3.63) is 0 Å². The van der Waals surface area contributed by atoms with E-state index in [1.54, 1.807) is 0 Å². The van der Waals surface area contributed by atoms with Gasteiger partial charge in [-0.05, 0) is 38.5 Å². The molecule has 13 heavy (non-hydrogen) atoms. The van der Waals surface area contributed by atoms with Gasteiger partial charge in [0.1, 0.15) is 0 Å². The summed E-state index contributed by atoms with van der Waals surface area (Å²) in [5.41, 5.74) is 5.38. The topological polar surface area (TPSA) is 26.0 Å². The summed E-state index contributed by atoms with van der Waals surface area (Å²) in [4.78, 5) is 0. The number of halogens is 2. The molecule has 1 unspecified atom stereocenters. The van der Waals surface area contributed by atoms with Crippen molar-refractivity contribution in [2.75, 3.05) is 0 Å². The first kappa shape index (κ1) is 9.38. The molecule has 0 bridgehead atoms. The zero-order valence-corrected chi connectivity index (χ0v) is 8.02. The maximum absolute atomic E-state index is 13.3. The summed E-state index contributed by atoms with van der Waals surface area (Å²) in [5.74, 6) is -2.96. The van der Waals surface area contributed by atoms with Crippen LogP contribution in [0, 0.1) is 11.8 Å². The Morgan fingerprint density at radius 3 is 2.15 bits per heavy atom. The fraction of sp³-hybridized carbons (Fsp3) is 1.00. The maximum atomic E-state index is 13.3. The Bertz CT molecular complexity index is 196. The molecule has 0 aliphatic heterocycles. The number of hydrogen-bond acceptors (Lipinski definition) is 1. The van der Waals surface area contributed by atoms with Crippen molar-refractivity contribution in [2.45, 2.75) is 50.5 Å². The molecule has 76 valence electrons. The fourth-order valence-electron chi connectivity index (χ4n) is 2.62. The van der Waals surface area contributed by atoms with Crippen molar-refractivity contribution in [3.63, 3.8) is 0 Å². The number of alkyl halides is 2. The minimum Gasteiger partial charge on any atom is -0.325 e. The van der Waals surface area contributed by atoms with Gasteiger partial charge in [-0.15, -0.1) is 0 Å². The molecule has 0 spiro atoms. The predicted molar refractivity (Wildman–Crippen MR) is 47.6 cm³/mol. The van der Waals surface area contributed by atoms with E-state index in [2.05, 4.69) is 0 Å². The summed E-state index contributed by atoms with van der Waals surface area (Å²) in [7, 11) is 0. The van der Waals surface area contributed by atoms with Crippen molar-refractivity contribution in [3.8, 4) is 0 Å². The summed E-state index contributed by atoms with van der Waals surface area (Å²) < 4.78 is 26.6. The van der Waals surface area contributed by atoms with Gasteiger partial charge < -0.3 is 5.73 Å². The second kappa shape index (κ2) is 2.66. The number of nitrogens with two attached hydrogens (primary N) is 1. The number of rotatable bonds is 3. The Morgan fingerprint density at radius 2 is 1.92 bits per heavy atom. The third kappa shape index (κ3) is 1.58. The van der Waals surface area contributed by atoms with E-state index in [9.17, 15) is 8.78 Å². The van der Waals surface area contributed by atoms with Gasteiger partial charge in [0.25, 0.3) is 0 Å². The molecule has 2 aliphatic rings. The molecule has 0 saturated heterocycles. The van der Waals surface area contributed by atoms with Gasteiger partial charge in [0, 0.05) is 11.5 Å². The molecule has 0 aromatic rings. The Morgan fingerprint density at radius 1 is 1.38 bits per heavy atom. The highest BCUT2D eigenvalue weighted by Gasteiger charge is 2.58. The molecule has 1 atom stereocenters. The lowest BCUT2D eigenvalue weighted by atomic mass is 9.69. The molecular formula is C10H17F2N. The second-order valence-corrected chi connectivity index (χ2v) is 4.86. The quantitative estimate of drug-likeness (QED) is 0.725. The Balaban J connectivity index is 2.11. The van der Waals surface area contributed by atoms with Crippen LogP contribution in [-0.4, -0.2) is 11.5 Å². The molecule has 0 aromatic heterocycles. The highest BCUT2D eigenvalue weighted by molar-refractivity contribution is 5.10. The van der Waals surface area contributed by atoms with Crippen molar-refractivity contribution >= 4 is 0 Å². The SMILES string of the molecule is CC(F)(F)C(C1CCC1)C1(N)CC1. The van der Waals surface area contributed by atoms with Crippen LogP contribution in [0.25, 0.3) is 0 Å². The van der Waals surface area contributed by atoms with Crippen LogP contribution in [0.1, 0.15) is 39.0 Å². The summed E-state index contributed by atoms with van der Waals surface area (Å²) in [5, 5.41) is 0. The normalized spacial score (nSPS) is 29.5. The monoisotopic (exact) mass is 189 g/mol. The molecule has 2 saturated carbocycles. The van der Waals surface area contributed by atoms with E-state index in [-0.39, 0.29) is 5.92 Å². The lowest BCUT2D eigenvalue weighted by Crippen LogP contribution is -2.48. The van der Waals surface area contributed by atoms with Crippen LogP contribution < -0.4 is 5.73 Å². The second-order valence-electron chi connectivity index (χ2n) is 4.86. The lowest BCUT2D eigenvalue weighted by molar-refractivity contribution is -0.0925. The molecule has 0 heterocycles. The summed E-state index contributed by atoms with van der Waals surface area (Å²) in [6.45, 7) is 1.03. The van der Waals surface area contributed by atoms with E-state index < -0.39 is 17.4 Å². The predicted octanol–water partition coefficient (Wildman–Crippen LogP) is 2.55. The first-order valence-corrected chi connectivity index (χ1v) is 5.10. The molecule has 0 amide bonds. The van der Waals surface area contributed by atoms with Gasteiger partial charge in [-0.3, -0.25) is 0 Å². The van der Waals surface area contributed by atoms with E-state index in [1.165, 1.54) is 0 Å². The van der Waals surface area contributed by atoms with E-state index in [0.717, 1.165) is 39.0 Å². The largest absolute Gasteiger partial charge is 0.325 e. The van der Waals surface area contributed by atoms with E-state index in [1.807, 2.05) is 0 Å². The smallest absolute Gasteiger partial charge is 0.250 e. The third-order valence-electron chi connectivity index (χ3n) is 3.61. The lowest BCUT2D eigenvalue weighted by Gasteiger charge is -2.40.